The minimum absolute atomic E-state index is 0.0738. The zero-order valence-corrected chi connectivity index (χ0v) is 7.78. The van der Waals surface area contributed by atoms with Gasteiger partial charge in [-0.2, -0.15) is 0 Å². The van der Waals surface area contributed by atoms with Crippen LogP contribution in [0.2, 0.25) is 0 Å². The van der Waals surface area contributed by atoms with E-state index in [-0.39, 0.29) is 6.42 Å². The van der Waals surface area contributed by atoms with E-state index in [0.29, 0.717) is 11.0 Å². The van der Waals surface area contributed by atoms with Crippen LogP contribution in [-0.4, -0.2) is 21.0 Å². The number of alkyl halides is 1. The van der Waals surface area contributed by atoms with Gasteiger partial charge in [-0.15, -0.1) is 0 Å². The first-order chi connectivity index (χ1) is 5.72. The van der Waals surface area contributed by atoms with Gasteiger partial charge in [-0.1, -0.05) is 15.9 Å². The summed E-state index contributed by atoms with van der Waals surface area (Å²) in [5, 5.41) is 9.05. The van der Waals surface area contributed by atoms with E-state index >= 15 is 0 Å². The van der Waals surface area contributed by atoms with E-state index in [1.54, 1.807) is 6.20 Å². The predicted molar refractivity (Wildman–Crippen MR) is 46.0 cm³/mol. The average Bonchev–Trinajstić information content (AvgIpc) is 2.05. The third kappa shape index (κ3) is 2.58. The molecule has 0 fully saturated rings. The van der Waals surface area contributed by atoms with Crippen LogP contribution in [0.3, 0.4) is 0 Å². The second-order valence-corrected chi connectivity index (χ2v) is 2.76. The fourth-order valence-corrected chi connectivity index (χ4v) is 0.986. The largest absolute Gasteiger partial charge is 0.481 e. The van der Waals surface area contributed by atoms with E-state index < -0.39 is 5.97 Å². The molecule has 0 unspecified atom stereocenters. The highest BCUT2D eigenvalue weighted by Crippen LogP contribution is 2.00. The predicted octanol–water partition coefficient (Wildman–Crippen LogP) is 0.999. The molecule has 0 radical (unpaired) electrons. The van der Waals surface area contributed by atoms with Crippen molar-refractivity contribution >= 4 is 21.9 Å². The summed E-state index contributed by atoms with van der Waals surface area (Å²) in [4.78, 5) is 18.1. The lowest BCUT2D eigenvalue weighted by molar-refractivity contribution is -0.136. The molecule has 0 saturated carbocycles. The molecule has 0 aromatic carbocycles. The number of halogens is 1. The summed E-state index contributed by atoms with van der Waals surface area (Å²) in [6, 6.07) is 0. The molecule has 0 bridgehead atoms. The second kappa shape index (κ2) is 4.15. The van der Waals surface area contributed by atoms with E-state index in [9.17, 15) is 4.79 Å². The molecular formula is C7H7BrN2O2. The minimum Gasteiger partial charge on any atom is -0.481 e. The molecule has 12 heavy (non-hydrogen) atoms. The number of hydrogen-bond acceptors (Lipinski definition) is 3. The molecular weight excluding hydrogens is 224 g/mol. The fourth-order valence-electron chi connectivity index (χ4n) is 0.697. The fraction of sp³-hybridized carbons (Fsp3) is 0.286. The van der Waals surface area contributed by atoms with Gasteiger partial charge in [0.1, 0.15) is 0 Å². The number of nitrogens with zero attached hydrogens (tertiary/aromatic N) is 2. The highest BCUT2D eigenvalue weighted by atomic mass is 79.9. The van der Waals surface area contributed by atoms with Gasteiger partial charge in [-0.3, -0.25) is 14.8 Å². The molecule has 0 aliphatic carbocycles. The van der Waals surface area contributed by atoms with Crippen LogP contribution in [-0.2, 0) is 16.5 Å². The van der Waals surface area contributed by atoms with Gasteiger partial charge in [0.15, 0.2) is 0 Å². The number of aromatic nitrogens is 2. The SMILES string of the molecule is O=C(O)Cc1cnc(CBr)cn1. The lowest BCUT2D eigenvalue weighted by Gasteiger charge is -1.96. The molecule has 0 aliphatic heterocycles. The molecule has 1 aromatic rings. The van der Waals surface area contributed by atoms with Crippen molar-refractivity contribution < 1.29 is 9.90 Å². The Bertz CT molecular complexity index is 273. The van der Waals surface area contributed by atoms with Crippen LogP contribution in [0.1, 0.15) is 11.4 Å². The van der Waals surface area contributed by atoms with Crippen LogP contribution in [0, 0.1) is 0 Å². The van der Waals surface area contributed by atoms with E-state index in [4.69, 9.17) is 5.11 Å². The Balaban J connectivity index is 2.71. The maximum atomic E-state index is 10.2. The summed E-state index contributed by atoms with van der Waals surface area (Å²) >= 11 is 3.21. The molecule has 0 spiro atoms. The first-order valence-corrected chi connectivity index (χ1v) is 4.42. The third-order valence-electron chi connectivity index (χ3n) is 1.23. The van der Waals surface area contributed by atoms with Crippen molar-refractivity contribution in [3.63, 3.8) is 0 Å². The second-order valence-electron chi connectivity index (χ2n) is 2.20. The lowest BCUT2D eigenvalue weighted by Crippen LogP contribution is -2.03. The number of carboxylic acids is 1. The first kappa shape index (κ1) is 9.12. The molecule has 0 amide bonds. The van der Waals surface area contributed by atoms with Crippen molar-refractivity contribution in [2.45, 2.75) is 11.8 Å². The van der Waals surface area contributed by atoms with Crippen molar-refractivity contribution in [3.8, 4) is 0 Å². The van der Waals surface area contributed by atoms with Crippen LogP contribution in [0.5, 0.6) is 0 Å². The highest BCUT2D eigenvalue weighted by molar-refractivity contribution is 9.08. The van der Waals surface area contributed by atoms with Crippen LogP contribution in [0.4, 0.5) is 0 Å². The molecule has 1 rings (SSSR count). The quantitative estimate of drug-likeness (QED) is 0.788. The molecule has 1 heterocycles. The monoisotopic (exact) mass is 230 g/mol. The maximum Gasteiger partial charge on any atom is 0.309 e. The first-order valence-electron chi connectivity index (χ1n) is 3.30. The Labute approximate surface area is 77.8 Å². The van der Waals surface area contributed by atoms with E-state index in [2.05, 4.69) is 25.9 Å². The van der Waals surface area contributed by atoms with Crippen LogP contribution in [0.25, 0.3) is 0 Å². The van der Waals surface area contributed by atoms with Crippen LogP contribution in [0.15, 0.2) is 12.4 Å². The standard InChI is InChI=1S/C7H7BrN2O2/c8-2-6-4-9-5(3-10-6)1-7(11)12/h3-4H,1-2H2,(H,11,12). The Morgan fingerprint density at radius 2 is 2.00 bits per heavy atom. The summed E-state index contributed by atoms with van der Waals surface area (Å²) in [5.74, 6) is -0.893. The molecule has 0 saturated heterocycles. The summed E-state index contributed by atoms with van der Waals surface area (Å²) < 4.78 is 0. The molecule has 0 atom stereocenters. The summed E-state index contributed by atoms with van der Waals surface area (Å²) in [5.41, 5.74) is 1.27. The zero-order chi connectivity index (χ0) is 8.97. The lowest BCUT2D eigenvalue weighted by atomic mass is 10.3. The van der Waals surface area contributed by atoms with Gasteiger partial charge in [0, 0.05) is 17.7 Å². The summed E-state index contributed by atoms with van der Waals surface area (Å²) in [7, 11) is 0. The van der Waals surface area contributed by atoms with Crippen molar-refractivity contribution in [1.29, 1.82) is 0 Å². The Morgan fingerprint density at radius 1 is 1.42 bits per heavy atom. The van der Waals surface area contributed by atoms with Gasteiger partial charge in [-0.25, -0.2) is 0 Å². The number of carboxylic acid groups (broad SMARTS) is 1. The van der Waals surface area contributed by atoms with Gasteiger partial charge in [-0.05, 0) is 0 Å². The molecule has 1 aromatic heterocycles. The normalized spacial score (nSPS) is 9.75. The van der Waals surface area contributed by atoms with Crippen LogP contribution >= 0.6 is 15.9 Å². The minimum atomic E-state index is -0.893. The average molecular weight is 231 g/mol. The van der Waals surface area contributed by atoms with Gasteiger partial charge in [0.05, 0.1) is 17.8 Å². The molecule has 5 heteroatoms. The highest BCUT2D eigenvalue weighted by Gasteiger charge is 2.01. The summed E-state index contributed by atoms with van der Waals surface area (Å²) in [6.07, 6.45) is 2.97. The van der Waals surface area contributed by atoms with E-state index in [0.717, 1.165) is 5.69 Å². The Hall–Kier alpha value is -0.970. The maximum absolute atomic E-state index is 10.2. The molecule has 4 nitrogen and oxygen atoms in total. The van der Waals surface area contributed by atoms with Gasteiger partial charge in [0.25, 0.3) is 0 Å². The number of hydrogen-bond donors (Lipinski definition) is 1. The molecule has 64 valence electrons. The topological polar surface area (TPSA) is 63.1 Å². The van der Waals surface area contributed by atoms with Gasteiger partial charge < -0.3 is 5.11 Å². The van der Waals surface area contributed by atoms with Crippen molar-refractivity contribution in [3.05, 3.63) is 23.8 Å². The Kier molecular flexibility index (Phi) is 3.16. The van der Waals surface area contributed by atoms with Crippen LogP contribution < -0.4 is 0 Å². The van der Waals surface area contributed by atoms with Gasteiger partial charge in [0.2, 0.25) is 0 Å². The third-order valence-corrected chi connectivity index (χ3v) is 1.80. The van der Waals surface area contributed by atoms with Crippen molar-refractivity contribution in [2.24, 2.45) is 0 Å². The Morgan fingerprint density at radius 3 is 2.42 bits per heavy atom. The zero-order valence-electron chi connectivity index (χ0n) is 6.20. The smallest absolute Gasteiger partial charge is 0.309 e. The van der Waals surface area contributed by atoms with Crippen molar-refractivity contribution in [1.82, 2.24) is 9.97 Å². The van der Waals surface area contributed by atoms with E-state index in [1.165, 1.54) is 6.20 Å². The van der Waals surface area contributed by atoms with Gasteiger partial charge >= 0.3 is 5.97 Å². The number of carbonyl (C=O) groups is 1. The molecule has 1 N–H and O–H groups in total. The summed E-state index contributed by atoms with van der Waals surface area (Å²) in [6.45, 7) is 0. The number of aliphatic carboxylic acids is 1. The molecule has 0 aliphatic rings. The number of rotatable bonds is 3. The van der Waals surface area contributed by atoms with E-state index in [1.807, 2.05) is 0 Å². The van der Waals surface area contributed by atoms with Crippen molar-refractivity contribution in [2.75, 3.05) is 0 Å².